The molecular formula is C24H19N3O2. The molecule has 0 aliphatic carbocycles. The molecule has 2 aromatic carbocycles. The Labute approximate surface area is 168 Å². The zero-order chi connectivity index (χ0) is 20.1. The number of carbonyl (C=O) groups is 1. The largest absolute Gasteiger partial charge is 0.497 e. The Kier molecular flexibility index (Phi) is 5.29. The minimum absolute atomic E-state index is 0.0859. The molecule has 0 saturated heterocycles. The summed E-state index contributed by atoms with van der Waals surface area (Å²) < 4.78 is 6.95. The fourth-order valence-electron chi connectivity index (χ4n) is 2.97. The molecule has 0 N–H and O–H groups in total. The van der Waals surface area contributed by atoms with E-state index in [1.807, 2.05) is 48.7 Å². The quantitative estimate of drug-likeness (QED) is 0.354. The highest BCUT2D eigenvalue weighted by molar-refractivity contribution is 6.07. The molecule has 4 rings (SSSR count). The van der Waals surface area contributed by atoms with Crippen LogP contribution in [0.15, 0.2) is 91.4 Å². The molecule has 5 nitrogen and oxygen atoms in total. The van der Waals surface area contributed by atoms with Gasteiger partial charge in [0.2, 0.25) is 0 Å². The predicted octanol–water partition coefficient (Wildman–Crippen LogP) is 4.84. The highest BCUT2D eigenvalue weighted by atomic mass is 16.5. The van der Waals surface area contributed by atoms with Crippen LogP contribution < -0.4 is 4.74 Å². The number of hydrogen-bond acceptors (Lipinski definition) is 4. The number of allylic oxidation sites excluding steroid dienone is 1. The molecule has 0 aliphatic rings. The van der Waals surface area contributed by atoms with Gasteiger partial charge in [-0.3, -0.25) is 9.78 Å². The third kappa shape index (κ3) is 4.14. The summed E-state index contributed by atoms with van der Waals surface area (Å²) in [7, 11) is 1.60. The Hall–Kier alpha value is -3.99. The van der Waals surface area contributed by atoms with Crippen LogP contribution in [0.4, 0.5) is 0 Å². The van der Waals surface area contributed by atoms with Gasteiger partial charge in [0.25, 0.3) is 0 Å². The molecule has 0 atom stereocenters. The van der Waals surface area contributed by atoms with Gasteiger partial charge in [0.05, 0.1) is 12.8 Å². The van der Waals surface area contributed by atoms with Gasteiger partial charge < -0.3 is 4.74 Å². The second-order valence-corrected chi connectivity index (χ2v) is 6.38. The number of pyridine rings is 1. The number of ketones is 1. The summed E-state index contributed by atoms with van der Waals surface area (Å²) in [5, 5.41) is 4.72. The Morgan fingerprint density at radius 1 is 1.00 bits per heavy atom. The fourth-order valence-corrected chi connectivity index (χ4v) is 2.97. The molecule has 0 unspecified atom stereocenters. The lowest BCUT2D eigenvalue weighted by Gasteiger charge is -2.00. The van der Waals surface area contributed by atoms with Crippen molar-refractivity contribution < 1.29 is 9.53 Å². The summed E-state index contributed by atoms with van der Waals surface area (Å²) in [5.74, 6) is 0.630. The van der Waals surface area contributed by atoms with E-state index in [1.54, 1.807) is 60.6 Å². The second kappa shape index (κ2) is 8.35. The van der Waals surface area contributed by atoms with E-state index < -0.39 is 0 Å². The normalized spacial score (nSPS) is 10.9. The Morgan fingerprint density at radius 2 is 1.79 bits per heavy atom. The molecule has 4 aromatic rings. The van der Waals surface area contributed by atoms with E-state index in [1.165, 1.54) is 0 Å². The van der Waals surface area contributed by atoms with Crippen LogP contribution >= 0.6 is 0 Å². The van der Waals surface area contributed by atoms with E-state index in [0.29, 0.717) is 11.3 Å². The standard InChI is InChI=1S/C24H19N3O2/c1-29-22-12-9-18(10-13-22)23(28)14-11-20-17-27(21-7-3-2-4-8-21)26-24(20)19-6-5-15-25-16-19/h2-17H,1H3/b14-11+. The summed E-state index contributed by atoms with van der Waals surface area (Å²) in [6.07, 6.45) is 8.76. The van der Waals surface area contributed by atoms with E-state index in [9.17, 15) is 4.79 Å². The lowest BCUT2D eigenvalue weighted by Crippen LogP contribution is -1.94. The fraction of sp³-hybridized carbons (Fsp3) is 0.0417. The number of hydrogen-bond donors (Lipinski definition) is 0. The Balaban J connectivity index is 1.68. The molecule has 0 aliphatic heterocycles. The average molecular weight is 381 g/mol. The minimum Gasteiger partial charge on any atom is -0.497 e. The molecule has 0 fully saturated rings. The highest BCUT2D eigenvalue weighted by Crippen LogP contribution is 2.24. The van der Waals surface area contributed by atoms with Crippen molar-refractivity contribution in [3.05, 3.63) is 103 Å². The van der Waals surface area contributed by atoms with Crippen LogP contribution in [0.2, 0.25) is 0 Å². The van der Waals surface area contributed by atoms with Crippen LogP contribution in [-0.4, -0.2) is 27.7 Å². The maximum atomic E-state index is 12.6. The topological polar surface area (TPSA) is 57.0 Å². The van der Waals surface area contributed by atoms with Crippen molar-refractivity contribution >= 4 is 11.9 Å². The lowest BCUT2D eigenvalue weighted by molar-refractivity contribution is 0.104. The van der Waals surface area contributed by atoms with Crippen LogP contribution in [-0.2, 0) is 0 Å². The zero-order valence-corrected chi connectivity index (χ0v) is 15.9. The van der Waals surface area contributed by atoms with Crippen molar-refractivity contribution in [2.24, 2.45) is 0 Å². The molecule has 29 heavy (non-hydrogen) atoms. The highest BCUT2D eigenvalue weighted by Gasteiger charge is 2.11. The van der Waals surface area contributed by atoms with Gasteiger partial charge in [0.15, 0.2) is 5.78 Å². The van der Waals surface area contributed by atoms with Gasteiger partial charge in [-0.15, -0.1) is 0 Å². The van der Waals surface area contributed by atoms with E-state index in [-0.39, 0.29) is 5.78 Å². The minimum atomic E-state index is -0.0859. The van der Waals surface area contributed by atoms with Crippen LogP contribution in [0.1, 0.15) is 15.9 Å². The lowest BCUT2D eigenvalue weighted by atomic mass is 10.1. The maximum Gasteiger partial charge on any atom is 0.185 e. The summed E-state index contributed by atoms with van der Waals surface area (Å²) in [4.78, 5) is 16.8. The number of carbonyl (C=O) groups excluding carboxylic acids is 1. The van der Waals surface area contributed by atoms with Gasteiger partial charge in [-0.1, -0.05) is 18.2 Å². The number of ether oxygens (including phenoxy) is 1. The van der Waals surface area contributed by atoms with Gasteiger partial charge in [-0.05, 0) is 60.7 Å². The van der Waals surface area contributed by atoms with Crippen molar-refractivity contribution in [2.45, 2.75) is 0 Å². The SMILES string of the molecule is COc1ccc(C(=O)/C=C/c2cn(-c3ccccc3)nc2-c2cccnc2)cc1. The molecule has 142 valence electrons. The molecule has 2 heterocycles. The maximum absolute atomic E-state index is 12.6. The molecule has 0 radical (unpaired) electrons. The Bertz CT molecular complexity index is 1130. The van der Waals surface area contributed by atoms with E-state index in [2.05, 4.69) is 4.98 Å². The number of aromatic nitrogens is 3. The molecule has 2 aromatic heterocycles. The van der Waals surface area contributed by atoms with Gasteiger partial charge in [0, 0.05) is 35.3 Å². The third-order valence-electron chi connectivity index (χ3n) is 4.49. The summed E-state index contributed by atoms with van der Waals surface area (Å²) in [6.45, 7) is 0. The van der Waals surface area contributed by atoms with E-state index in [4.69, 9.17) is 9.84 Å². The smallest absolute Gasteiger partial charge is 0.185 e. The van der Waals surface area contributed by atoms with Crippen molar-refractivity contribution in [2.75, 3.05) is 7.11 Å². The summed E-state index contributed by atoms with van der Waals surface area (Å²) in [6, 6.07) is 20.7. The van der Waals surface area contributed by atoms with Gasteiger partial charge in [-0.2, -0.15) is 5.10 Å². The van der Waals surface area contributed by atoms with Crippen LogP contribution in [0.25, 0.3) is 23.0 Å². The number of para-hydroxylation sites is 1. The molecule has 0 saturated carbocycles. The summed E-state index contributed by atoms with van der Waals surface area (Å²) in [5.41, 5.74) is 4.03. The summed E-state index contributed by atoms with van der Waals surface area (Å²) >= 11 is 0. The number of benzene rings is 2. The van der Waals surface area contributed by atoms with E-state index in [0.717, 1.165) is 22.5 Å². The van der Waals surface area contributed by atoms with Crippen molar-refractivity contribution in [1.82, 2.24) is 14.8 Å². The third-order valence-corrected chi connectivity index (χ3v) is 4.49. The van der Waals surface area contributed by atoms with Crippen molar-refractivity contribution in [3.8, 4) is 22.7 Å². The molecular weight excluding hydrogens is 362 g/mol. The van der Waals surface area contributed by atoms with Crippen molar-refractivity contribution in [1.29, 1.82) is 0 Å². The molecule has 0 spiro atoms. The van der Waals surface area contributed by atoms with Crippen LogP contribution in [0, 0.1) is 0 Å². The average Bonchev–Trinajstić information content (AvgIpc) is 3.23. The molecule has 0 bridgehead atoms. The first-order chi connectivity index (χ1) is 14.2. The first-order valence-electron chi connectivity index (χ1n) is 9.16. The van der Waals surface area contributed by atoms with Crippen LogP contribution in [0.3, 0.4) is 0 Å². The van der Waals surface area contributed by atoms with Gasteiger partial charge >= 0.3 is 0 Å². The number of methoxy groups -OCH3 is 1. The molecule has 0 amide bonds. The zero-order valence-electron chi connectivity index (χ0n) is 15.9. The first-order valence-corrected chi connectivity index (χ1v) is 9.16. The van der Waals surface area contributed by atoms with Gasteiger partial charge in [0.1, 0.15) is 11.4 Å². The Morgan fingerprint density at radius 3 is 2.48 bits per heavy atom. The number of rotatable bonds is 6. The van der Waals surface area contributed by atoms with Crippen LogP contribution in [0.5, 0.6) is 5.75 Å². The number of nitrogens with zero attached hydrogens (tertiary/aromatic N) is 3. The second-order valence-electron chi connectivity index (χ2n) is 6.38. The molecule has 5 heteroatoms. The van der Waals surface area contributed by atoms with E-state index >= 15 is 0 Å². The first kappa shape index (κ1) is 18.4. The van der Waals surface area contributed by atoms with Gasteiger partial charge in [-0.25, -0.2) is 4.68 Å². The van der Waals surface area contributed by atoms with Crippen molar-refractivity contribution in [3.63, 3.8) is 0 Å². The predicted molar refractivity (Wildman–Crippen MR) is 113 cm³/mol. The monoisotopic (exact) mass is 381 g/mol.